The van der Waals surface area contributed by atoms with Gasteiger partial charge < -0.3 is 10.2 Å². The van der Waals surface area contributed by atoms with E-state index >= 15 is 0 Å². The summed E-state index contributed by atoms with van der Waals surface area (Å²) < 4.78 is 0. The maximum Gasteiger partial charge on any atom is 0.130 e. The van der Waals surface area contributed by atoms with Crippen LogP contribution < -0.4 is 5.32 Å². The second kappa shape index (κ2) is 3.11. The summed E-state index contributed by atoms with van der Waals surface area (Å²) in [4.78, 5) is 6.57. The van der Waals surface area contributed by atoms with Gasteiger partial charge in [-0.2, -0.15) is 0 Å². The van der Waals surface area contributed by atoms with Crippen LogP contribution >= 0.6 is 0 Å². The average molecular weight is 163 g/mol. The second-order valence-electron chi connectivity index (χ2n) is 3.18. The van der Waals surface area contributed by atoms with Crippen LogP contribution in [-0.2, 0) is 6.54 Å². The van der Waals surface area contributed by atoms with Crippen molar-refractivity contribution in [1.82, 2.24) is 9.88 Å². The Morgan fingerprint density at radius 3 is 3.42 bits per heavy atom. The second-order valence-corrected chi connectivity index (χ2v) is 3.18. The maximum atomic E-state index is 4.28. The fourth-order valence-electron chi connectivity index (χ4n) is 1.46. The largest absolute Gasteiger partial charge is 0.369 e. The first-order valence-electron chi connectivity index (χ1n) is 4.22. The molecule has 0 unspecified atom stereocenters. The van der Waals surface area contributed by atoms with Gasteiger partial charge in [0.05, 0.1) is 0 Å². The van der Waals surface area contributed by atoms with E-state index < -0.39 is 0 Å². The molecule has 64 valence electrons. The van der Waals surface area contributed by atoms with E-state index in [4.69, 9.17) is 0 Å². The van der Waals surface area contributed by atoms with Crippen LogP contribution in [0.2, 0.25) is 0 Å². The van der Waals surface area contributed by atoms with Crippen LogP contribution in [0.3, 0.4) is 0 Å². The summed E-state index contributed by atoms with van der Waals surface area (Å²) in [6, 6.07) is 4.11. The van der Waals surface area contributed by atoms with E-state index in [1.165, 1.54) is 5.56 Å². The molecule has 2 rings (SSSR count). The molecule has 2 heterocycles. The quantitative estimate of drug-likeness (QED) is 0.617. The topological polar surface area (TPSA) is 28.2 Å². The fourth-order valence-corrected chi connectivity index (χ4v) is 1.46. The van der Waals surface area contributed by atoms with Gasteiger partial charge in [0.2, 0.25) is 0 Å². The Balaban J connectivity index is 2.31. The van der Waals surface area contributed by atoms with E-state index in [9.17, 15) is 0 Å². The van der Waals surface area contributed by atoms with Crippen LogP contribution in [0.15, 0.2) is 18.3 Å². The number of rotatable bonds is 0. The van der Waals surface area contributed by atoms with E-state index in [1.807, 2.05) is 12.3 Å². The molecule has 1 aliphatic heterocycles. The van der Waals surface area contributed by atoms with Crippen LogP contribution in [0.25, 0.3) is 0 Å². The van der Waals surface area contributed by atoms with Crippen LogP contribution in [0.1, 0.15) is 5.56 Å². The summed E-state index contributed by atoms with van der Waals surface area (Å²) in [7, 11) is 2.13. The van der Waals surface area contributed by atoms with E-state index in [-0.39, 0.29) is 0 Å². The number of aromatic nitrogens is 1. The molecule has 0 fully saturated rings. The first-order chi connectivity index (χ1) is 5.86. The highest BCUT2D eigenvalue weighted by atomic mass is 15.1. The van der Waals surface area contributed by atoms with Gasteiger partial charge in [0, 0.05) is 31.4 Å². The van der Waals surface area contributed by atoms with Gasteiger partial charge in [-0.3, -0.25) is 0 Å². The molecule has 0 amide bonds. The molecule has 1 aliphatic rings. The molecule has 0 bridgehead atoms. The lowest BCUT2D eigenvalue weighted by atomic mass is 10.2. The van der Waals surface area contributed by atoms with Crippen LogP contribution in [0.5, 0.6) is 0 Å². The third kappa shape index (κ3) is 1.41. The van der Waals surface area contributed by atoms with Crippen molar-refractivity contribution in [1.29, 1.82) is 0 Å². The minimum atomic E-state index is 0.987. The zero-order valence-corrected chi connectivity index (χ0v) is 7.25. The van der Waals surface area contributed by atoms with Gasteiger partial charge in [-0.15, -0.1) is 0 Å². The van der Waals surface area contributed by atoms with Crippen molar-refractivity contribution in [2.45, 2.75) is 6.54 Å². The van der Waals surface area contributed by atoms with Crippen LogP contribution in [0, 0.1) is 0 Å². The molecule has 1 N–H and O–H groups in total. The molecule has 0 radical (unpaired) electrons. The van der Waals surface area contributed by atoms with Gasteiger partial charge in [0.15, 0.2) is 0 Å². The molecule has 3 heteroatoms. The summed E-state index contributed by atoms with van der Waals surface area (Å²) in [6.45, 7) is 3.06. The highest BCUT2D eigenvalue weighted by molar-refractivity contribution is 5.44. The number of fused-ring (bicyclic) bond motifs is 1. The number of nitrogens with one attached hydrogen (secondary N) is 1. The van der Waals surface area contributed by atoms with Crippen LogP contribution in [-0.4, -0.2) is 30.0 Å². The van der Waals surface area contributed by atoms with Gasteiger partial charge in [-0.1, -0.05) is 6.07 Å². The highest BCUT2D eigenvalue weighted by Crippen LogP contribution is 2.15. The minimum Gasteiger partial charge on any atom is -0.369 e. The summed E-state index contributed by atoms with van der Waals surface area (Å²) in [5.41, 5.74) is 1.29. The zero-order chi connectivity index (χ0) is 8.39. The molecule has 0 aromatic carbocycles. The van der Waals surface area contributed by atoms with Gasteiger partial charge in [0.25, 0.3) is 0 Å². The van der Waals surface area contributed by atoms with E-state index in [0.717, 1.165) is 25.5 Å². The van der Waals surface area contributed by atoms with Gasteiger partial charge in [-0.25, -0.2) is 4.98 Å². The number of nitrogens with zero attached hydrogens (tertiary/aromatic N) is 2. The molecule has 1 aromatic heterocycles. The summed E-state index contributed by atoms with van der Waals surface area (Å²) in [5, 5.41) is 3.30. The molecular weight excluding hydrogens is 150 g/mol. The number of anilines is 1. The summed E-state index contributed by atoms with van der Waals surface area (Å²) in [6.07, 6.45) is 1.83. The molecule has 0 saturated carbocycles. The lowest BCUT2D eigenvalue weighted by Crippen LogP contribution is -2.20. The van der Waals surface area contributed by atoms with Crippen molar-refractivity contribution in [3.8, 4) is 0 Å². The lowest BCUT2D eigenvalue weighted by molar-refractivity contribution is 0.346. The average Bonchev–Trinajstić information content (AvgIpc) is 2.25. The highest BCUT2D eigenvalue weighted by Gasteiger charge is 2.09. The predicted molar refractivity (Wildman–Crippen MR) is 49.1 cm³/mol. The Labute approximate surface area is 72.4 Å². The van der Waals surface area contributed by atoms with Gasteiger partial charge in [0.1, 0.15) is 5.82 Å². The Morgan fingerprint density at radius 2 is 2.50 bits per heavy atom. The lowest BCUT2D eigenvalue weighted by Gasteiger charge is -2.11. The molecular formula is C9H13N3. The molecule has 0 saturated heterocycles. The Hall–Kier alpha value is -1.09. The first-order valence-corrected chi connectivity index (χ1v) is 4.22. The first kappa shape index (κ1) is 7.55. The van der Waals surface area contributed by atoms with Crippen molar-refractivity contribution in [3.05, 3.63) is 23.9 Å². The van der Waals surface area contributed by atoms with E-state index in [0.29, 0.717) is 0 Å². The van der Waals surface area contributed by atoms with Crippen molar-refractivity contribution < 1.29 is 0 Å². The number of hydrogen-bond acceptors (Lipinski definition) is 3. The molecule has 3 nitrogen and oxygen atoms in total. The molecule has 0 aliphatic carbocycles. The summed E-state index contributed by atoms with van der Waals surface area (Å²) in [5.74, 6) is 1.04. The SMILES string of the molecule is CN1CCNc2ncccc2C1. The van der Waals surface area contributed by atoms with Gasteiger partial charge >= 0.3 is 0 Å². The number of hydrogen-bond donors (Lipinski definition) is 1. The third-order valence-electron chi connectivity index (χ3n) is 2.12. The van der Waals surface area contributed by atoms with E-state index in [1.54, 1.807) is 0 Å². The van der Waals surface area contributed by atoms with Crippen molar-refractivity contribution in [2.24, 2.45) is 0 Å². The predicted octanol–water partition coefficient (Wildman–Crippen LogP) is 0.939. The third-order valence-corrected chi connectivity index (χ3v) is 2.12. The molecule has 1 aromatic rings. The zero-order valence-electron chi connectivity index (χ0n) is 7.25. The van der Waals surface area contributed by atoms with Crippen molar-refractivity contribution in [2.75, 3.05) is 25.5 Å². The molecule has 0 atom stereocenters. The molecule has 12 heavy (non-hydrogen) atoms. The normalized spacial score (nSPS) is 17.8. The minimum absolute atomic E-state index is 0.987. The number of pyridine rings is 1. The Morgan fingerprint density at radius 1 is 1.58 bits per heavy atom. The number of likely N-dealkylation sites (N-methyl/N-ethyl adjacent to an activating group) is 1. The fraction of sp³-hybridized carbons (Fsp3) is 0.444. The van der Waals surface area contributed by atoms with Crippen molar-refractivity contribution >= 4 is 5.82 Å². The van der Waals surface area contributed by atoms with Crippen LogP contribution in [0.4, 0.5) is 5.82 Å². The van der Waals surface area contributed by atoms with E-state index in [2.05, 4.69) is 28.3 Å². The summed E-state index contributed by atoms with van der Waals surface area (Å²) >= 11 is 0. The van der Waals surface area contributed by atoms with Crippen molar-refractivity contribution in [3.63, 3.8) is 0 Å². The monoisotopic (exact) mass is 163 g/mol. The molecule has 0 spiro atoms. The Kier molecular flexibility index (Phi) is 1.96. The standard InChI is InChI=1S/C9H13N3/c1-12-6-5-11-9-8(7-12)3-2-4-10-9/h2-4H,5-7H2,1H3,(H,10,11). The maximum absolute atomic E-state index is 4.28. The van der Waals surface area contributed by atoms with Gasteiger partial charge in [-0.05, 0) is 13.1 Å². The smallest absolute Gasteiger partial charge is 0.130 e. The Bertz CT molecular complexity index is 272.